The van der Waals surface area contributed by atoms with Gasteiger partial charge < -0.3 is 10.0 Å². The maximum Gasteiger partial charge on any atom is 0.303 e. The first-order chi connectivity index (χ1) is 38.3. The number of halogens is 1. The van der Waals surface area contributed by atoms with Crippen LogP contribution in [0.1, 0.15) is 163 Å². The molecule has 1 aliphatic carbocycles. The largest absolute Gasteiger partial charge is 0.481 e. The van der Waals surface area contributed by atoms with Crippen LogP contribution in [0.4, 0.5) is 11.4 Å². The van der Waals surface area contributed by atoms with Crippen LogP contribution in [0, 0.1) is 57.5 Å². The number of carboxylic acids is 1. The Balaban J connectivity index is 0.000000481. The van der Waals surface area contributed by atoms with E-state index >= 15 is 0 Å². The van der Waals surface area contributed by atoms with Crippen LogP contribution in [0.2, 0.25) is 5.02 Å². The summed E-state index contributed by atoms with van der Waals surface area (Å²) in [6.07, 6.45) is 20.4. The fourth-order valence-electron chi connectivity index (χ4n) is 8.51. The van der Waals surface area contributed by atoms with Crippen molar-refractivity contribution in [3.63, 3.8) is 0 Å². The fraction of sp³-hybridized carbons (Fsp3) is 0.493. The molecule has 6 aromatic rings. The third-order valence-corrected chi connectivity index (χ3v) is 14.5. The molecule has 1 N–H and O–H groups in total. The minimum absolute atomic E-state index is 0.233. The summed E-state index contributed by atoms with van der Waals surface area (Å²) < 4.78 is 0. The van der Waals surface area contributed by atoms with Gasteiger partial charge in [0.1, 0.15) is 0 Å². The van der Waals surface area contributed by atoms with Gasteiger partial charge >= 0.3 is 5.97 Å². The second-order valence-electron chi connectivity index (χ2n) is 24.1. The lowest BCUT2D eigenvalue weighted by atomic mass is 9.87. The molecule has 7 rings (SSSR count). The molecular formula is C71H104ClN3O4S2. The van der Waals surface area contributed by atoms with Gasteiger partial charge in [-0.1, -0.05) is 193 Å². The van der Waals surface area contributed by atoms with Crippen molar-refractivity contribution in [2.75, 3.05) is 19.0 Å². The van der Waals surface area contributed by atoms with Gasteiger partial charge in [0.2, 0.25) is 0 Å². The molecule has 0 amide bonds. The number of nitro benzene ring substituents is 1. The molecule has 0 aliphatic heterocycles. The lowest BCUT2D eigenvalue weighted by Crippen LogP contribution is -2.08. The number of benzene rings is 4. The highest BCUT2D eigenvalue weighted by Crippen LogP contribution is 2.32. The number of hydrogen-bond acceptors (Lipinski definition) is 7. The number of allylic oxidation sites excluding steroid dienone is 2. The average molecular weight is 1160 g/mol. The van der Waals surface area contributed by atoms with Gasteiger partial charge in [0.15, 0.2) is 0 Å². The number of carboxylic acid groups (broad SMARTS) is 1. The summed E-state index contributed by atoms with van der Waals surface area (Å²) >= 11 is 9.56. The maximum atomic E-state index is 10.6. The highest BCUT2D eigenvalue weighted by Gasteiger charge is 2.13. The number of aliphatic carboxylic acids is 1. The highest BCUT2D eigenvalue weighted by atomic mass is 35.5. The minimum atomic E-state index is -0.696. The van der Waals surface area contributed by atoms with Gasteiger partial charge in [-0.15, -0.1) is 11.3 Å². The van der Waals surface area contributed by atoms with Gasteiger partial charge in [0, 0.05) is 69.9 Å². The Morgan fingerprint density at radius 3 is 1.69 bits per heavy atom. The quantitative estimate of drug-likeness (QED) is 0.0490. The zero-order valence-corrected chi connectivity index (χ0v) is 54.9. The van der Waals surface area contributed by atoms with Crippen molar-refractivity contribution in [2.45, 2.75) is 177 Å². The summed E-state index contributed by atoms with van der Waals surface area (Å²) in [6.45, 7) is 30.7. The Labute approximate surface area is 506 Å². The molecule has 7 nitrogen and oxygen atoms in total. The lowest BCUT2D eigenvalue weighted by molar-refractivity contribution is -0.385. The molecule has 2 aromatic heterocycles. The van der Waals surface area contributed by atoms with E-state index in [-0.39, 0.29) is 10.6 Å². The first-order valence-corrected chi connectivity index (χ1v) is 31.7. The molecule has 2 heterocycles. The van der Waals surface area contributed by atoms with Gasteiger partial charge in [-0.3, -0.25) is 19.9 Å². The van der Waals surface area contributed by atoms with Crippen LogP contribution in [0.15, 0.2) is 161 Å². The van der Waals surface area contributed by atoms with Crippen molar-refractivity contribution in [2.24, 2.45) is 47.3 Å². The van der Waals surface area contributed by atoms with Crippen molar-refractivity contribution < 1.29 is 14.8 Å². The van der Waals surface area contributed by atoms with Crippen LogP contribution >= 0.6 is 34.7 Å². The van der Waals surface area contributed by atoms with E-state index in [1.165, 1.54) is 75.6 Å². The summed E-state index contributed by atoms with van der Waals surface area (Å²) in [4.78, 5) is 30.4. The molecule has 0 saturated heterocycles. The summed E-state index contributed by atoms with van der Waals surface area (Å²) in [5.41, 5.74) is 6.51. The number of pyridine rings is 1. The Bertz CT molecular complexity index is 2540. The SMILES string of the molecule is CC(C)CC1CC=CCC1.CC(C)CCC(=O)O.CC(C)Cc1ccc(N(C)C)cc1.CC(C)Cc1ccccc1Sc1ccc(Cl)cc1.CC(C)Cc1ccccc1[N+](=O)[O-].CC(C)Cc1cccnc1.CC(C)Cc1cccs1. The van der Waals surface area contributed by atoms with E-state index in [0.717, 1.165) is 65.9 Å². The normalized spacial score (nSPS) is 12.4. The van der Waals surface area contributed by atoms with Gasteiger partial charge in [-0.05, 0) is 188 Å². The van der Waals surface area contributed by atoms with Crippen LogP contribution in [0.5, 0.6) is 0 Å². The molecule has 1 aliphatic rings. The molecule has 0 spiro atoms. The van der Waals surface area contributed by atoms with E-state index in [1.54, 1.807) is 23.9 Å². The third kappa shape index (κ3) is 39.0. The van der Waals surface area contributed by atoms with Gasteiger partial charge in [0.05, 0.1) is 4.92 Å². The second kappa shape index (κ2) is 43.5. The number of rotatable bonds is 19. The standard InChI is InChI=1S/C16H17ClS.C12H19N.C10H13NO2.C10H18.C9H13N.C8H12S.C6H12O2/c1-12(2)11-13-5-3-4-6-16(13)18-15-9-7-14(17)8-10-15;1-10(2)9-11-5-7-12(8-6-11)13(3)4;1-8(2)7-9-5-3-4-6-10(9)11(12)13;1-9(2)8-10-6-4-3-5-7-10;1-8(2)6-9-4-3-5-10-7-9;1-7(2)6-8-4-3-5-9-8;1-5(2)3-4-6(7)8/h3-10,12H,11H2,1-2H3;5-8,10H,9H2,1-4H3;3-6,8H,7H2,1-2H3;3-4,9-10H,5-8H2,1-2H3;3-5,7-8H,6H2,1-2H3;3-5,7H,6H2,1-2H3;5H,3-4H2,1-2H3,(H,7,8). The van der Waals surface area contributed by atoms with E-state index in [2.05, 4.69) is 203 Å². The van der Waals surface area contributed by atoms with E-state index in [0.29, 0.717) is 24.2 Å². The highest BCUT2D eigenvalue weighted by molar-refractivity contribution is 7.99. The number of nitrogens with zero attached hydrogens (tertiary/aromatic N) is 3. The van der Waals surface area contributed by atoms with Crippen molar-refractivity contribution in [1.29, 1.82) is 0 Å². The molecule has 446 valence electrons. The van der Waals surface area contributed by atoms with E-state index in [4.69, 9.17) is 16.7 Å². The number of aromatic nitrogens is 1. The Morgan fingerprint density at radius 2 is 1.22 bits per heavy atom. The summed E-state index contributed by atoms with van der Waals surface area (Å²) in [6, 6.07) is 40.8. The van der Waals surface area contributed by atoms with Crippen LogP contribution in [-0.2, 0) is 36.9 Å². The first-order valence-electron chi connectivity index (χ1n) is 29.6. The van der Waals surface area contributed by atoms with Crippen molar-refractivity contribution in [3.8, 4) is 0 Å². The smallest absolute Gasteiger partial charge is 0.303 e. The van der Waals surface area contributed by atoms with Crippen molar-refractivity contribution >= 4 is 52.0 Å². The Kier molecular flexibility index (Phi) is 39.6. The van der Waals surface area contributed by atoms with E-state index < -0.39 is 5.97 Å². The van der Waals surface area contributed by atoms with Crippen LogP contribution in [-0.4, -0.2) is 35.1 Å². The number of anilines is 1. The molecule has 0 saturated carbocycles. The maximum absolute atomic E-state index is 10.6. The molecular weight excluding hydrogens is 1060 g/mol. The third-order valence-electron chi connectivity index (χ3n) is 12.2. The average Bonchev–Trinajstić information content (AvgIpc) is 3.91. The van der Waals surface area contributed by atoms with Crippen LogP contribution in [0.25, 0.3) is 0 Å². The zero-order chi connectivity index (χ0) is 60.7. The predicted octanol–water partition coefficient (Wildman–Crippen LogP) is 21.6. The van der Waals surface area contributed by atoms with Crippen molar-refractivity contribution in [1.82, 2.24) is 4.98 Å². The molecule has 1 atom stereocenters. The van der Waals surface area contributed by atoms with E-state index in [1.807, 2.05) is 67.9 Å². The molecule has 0 radical (unpaired) electrons. The van der Waals surface area contributed by atoms with Crippen molar-refractivity contribution in [3.05, 3.63) is 194 Å². The summed E-state index contributed by atoms with van der Waals surface area (Å²) in [7, 11) is 4.13. The molecule has 81 heavy (non-hydrogen) atoms. The molecule has 0 fully saturated rings. The number of thiophene rings is 1. The van der Waals surface area contributed by atoms with Gasteiger partial charge in [-0.2, -0.15) is 0 Å². The van der Waals surface area contributed by atoms with Gasteiger partial charge in [0.25, 0.3) is 5.69 Å². The Morgan fingerprint density at radius 1 is 0.654 bits per heavy atom. The zero-order valence-electron chi connectivity index (χ0n) is 52.5. The first kappa shape index (κ1) is 73.8. The molecule has 0 bridgehead atoms. The minimum Gasteiger partial charge on any atom is -0.481 e. The van der Waals surface area contributed by atoms with Gasteiger partial charge in [-0.25, -0.2) is 0 Å². The number of para-hydroxylation sites is 1. The lowest BCUT2D eigenvalue weighted by Gasteiger charge is -2.19. The second-order valence-corrected chi connectivity index (χ2v) is 26.7. The topological polar surface area (TPSA) is 96.6 Å². The Hall–Kier alpha value is -5.22. The van der Waals surface area contributed by atoms with Crippen LogP contribution in [0.3, 0.4) is 0 Å². The monoisotopic (exact) mass is 1160 g/mol. The molecule has 4 aromatic carbocycles. The number of carbonyl (C=O) groups is 1. The number of hydrogen-bond donors (Lipinski definition) is 1. The van der Waals surface area contributed by atoms with Crippen LogP contribution < -0.4 is 4.90 Å². The fourth-order valence-corrected chi connectivity index (χ4v) is 10.5. The summed E-state index contributed by atoms with van der Waals surface area (Å²) in [5.74, 6) is 5.07. The number of nitro groups is 1. The summed E-state index contributed by atoms with van der Waals surface area (Å²) in [5, 5.41) is 21.7. The molecule has 10 heteroatoms. The van der Waals surface area contributed by atoms with E-state index in [9.17, 15) is 14.9 Å². The molecule has 1 unspecified atom stereocenters. The predicted molar refractivity (Wildman–Crippen MR) is 355 cm³/mol.